The second kappa shape index (κ2) is 11.8. The second-order valence-electron chi connectivity index (χ2n) is 10.9. The molecule has 2 fully saturated rings. The van der Waals surface area contributed by atoms with Gasteiger partial charge in [-0.1, -0.05) is 12.1 Å². The van der Waals surface area contributed by atoms with Crippen molar-refractivity contribution < 1.29 is 19.7 Å². The molecule has 2 saturated heterocycles. The van der Waals surface area contributed by atoms with Crippen LogP contribution in [0.3, 0.4) is 0 Å². The number of aromatic nitrogens is 2. The molecule has 0 radical (unpaired) electrons. The lowest BCUT2D eigenvalue weighted by Crippen LogP contribution is -2.40. The lowest BCUT2D eigenvalue weighted by Gasteiger charge is -2.31. The van der Waals surface area contributed by atoms with Gasteiger partial charge in [0, 0.05) is 73.8 Å². The summed E-state index contributed by atoms with van der Waals surface area (Å²) in [5.41, 5.74) is 4.98. The summed E-state index contributed by atoms with van der Waals surface area (Å²) in [7, 11) is 1.67. The molecule has 0 unspecified atom stereocenters. The third-order valence-corrected chi connectivity index (χ3v) is 8.08. The molecule has 10 heteroatoms. The van der Waals surface area contributed by atoms with E-state index in [0.717, 1.165) is 54.3 Å². The van der Waals surface area contributed by atoms with Gasteiger partial charge in [0.2, 0.25) is 0 Å². The molecule has 3 aliphatic heterocycles. The summed E-state index contributed by atoms with van der Waals surface area (Å²) in [6.45, 7) is 2.75. The van der Waals surface area contributed by atoms with E-state index in [2.05, 4.69) is 27.3 Å². The van der Waals surface area contributed by atoms with Crippen LogP contribution in [0, 0.1) is 0 Å². The molecule has 3 aliphatic rings. The number of aliphatic hydroxyl groups excluding tert-OH is 2. The first-order chi connectivity index (χ1) is 20.0. The summed E-state index contributed by atoms with van der Waals surface area (Å²) in [4.78, 5) is 31.4. The number of likely N-dealkylation sites (tertiary alicyclic amines) is 1. The quantitative estimate of drug-likeness (QED) is 0.403. The van der Waals surface area contributed by atoms with Gasteiger partial charge in [-0.3, -0.25) is 9.79 Å². The molecule has 4 heterocycles. The summed E-state index contributed by atoms with van der Waals surface area (Å²) in [5, 5.41) is 23.0. The van der Waals surface area contributed by atoms with Crippen molar-refractivity contribution in [3.05, 3.63) is 65.1 Å². The Morgan fingerprint density at radius 1 is 1.00 bits per heavy atom. The van der Waals surface area contributed by atoms with E-state index in [0.29, 0.717) is 61.7 Å². The Balaban J connectivity index is 1.22. The van der Waals surface area contributed by atoms with Gasteiger partial charge in [-0.25, -0.2) is 9.97 Å². The zero-order valence-electron chi connectivity index (χ0n) is 23.3. The highest BCUT2D eigenvalue weighted by Gasteiger charge is 2.24. The number of piperidine rings is 2. The number of carbonyl (C=O) groups excluding carboxylic acids is 1. The van der Waals surface area contributed by atoms with Crippen LogP contribution in [-0.4, -0.2) is 82.7 Å². The zero-order chi connectivity index (χ0) is 28.3. The van der Waals surface area contributed by atoms with E-state index in [4.69, 9.17) is 14.7 Å². The molecule has 3 N–H and O–H groups in total. The molecule has 0 spiro atoms. The first-order valence-corrected chi connectivity index (χ1v) is 14.3. The van der Waals surface area contributed by atoms with E-state index in [1.165, 1.54) is 0 Å². The number of hydrogen-bond donors (Lipinski definition) is 3. The van der Waals surface area contributed by atoms with Crippen molar-refractivity contribution in [2.45, 2.75) is 50.7 Å². The SMILES string of the molecule is COc1cc(N2CCC(O)CC2)ccc1Cc1nc2c(c(Nc3cccc(C(=O)N4CCC(O)CC4)c3)n1)N=CC2. The number of ether oxygens (including phenoxy) is 1. The monoisotopic (exact) mass is 556 g/mol. The van der Waals surface area contributed by atoms with Crippen molar-refractivity contribution >= 4 is 35.0 Å². The van der Waals surface area contributed by atoms with Crippen molar-refractivity contribution in [3.8, 4) is 5.75 Å². The lowest BCUT2D eigenvalue weighted by atomic mass is 10.1. The normalized spacial score (nSPS) is 17.5. The Morgan fingerprint density at radius 3 is 2.51 bits per heavy atom. The smallest absolute Gasteiger partial charge is 0.253 e. The van der Waals surface area contributed by atoms with Crippen molar-refractivity contribution in [1.82, 2.24) is 14.9 Å². The Kier molecular flexibility index (Phi) is 7.84. The molecule has 0 saturated carbocycles. The minimum Gasteiger partial charge on any atom is -0.496 e. The van der Waals surface area contributed by atoms with Gasteiger partial charge in [0.1, 0.15) is 17.3 Å². The molecule has 6 rings (SSSR count). The molecule has 0 aliphatic carbocycles. The number of aliphatic hydroxyl groups is 2. The molecule has 2 aromatic carbocycles. The van der Waals surface area contributed by atoms with Crippen LogP contribution in [0.25, 0.3) is 0 Å². The average Bonchev–Trinajstić information content (AvgIpc) is 3.47. The van der Waals surface area contributed by atoms with Crippen LogP contribution in [0.15, 0.2) is 47.5 Å². The van der Waals surface area contributed by atoms with Crippen LogP contribution >= 0.6 is 0 Å². The fraction of sp³-hybridized carbons (Fsp3) is 0.419. The summed E-state index contributed by atoms with van der Waals surface area (Å²) < 4.78 is 5.76. The van der Waals surface area contributed by atoms with Crippen LogP contribution in [0.2, 0.25) is 0 Å². The molecule has 0 atom stereocenters. The van der Waals surface area contributed by atoms with E-state index in [-0.39, 0.29) is 18.1 Å². The number of hydrogen-bond acceptors (Lipinski definition) is 9. The second-order valence-corrected chi connectivity index (χ2v) is 10.9. The largest absolute Gasteiger partial charge is 0.496 e. The molecule has 41 heavy (non-hydrogen) atoms. The number of nitrogens with zero attached hydrogens (tertiary/aromatic N) is 5. The van der Waals surface area contributed by atoms with Crippen LogP contribution in [-0.2, 0) is 12.8 Å². The Labute approximate surface area is 239 Å². The summed E-state index contributed by atoms with van der Waals surface area (Å²) >= 11 is 0. The topological polar surface area (TPSA) is 123 Å². The van der Waals surface area contributed by atoms with Crippen LogP contribution in [0.4, 0.5) is 22.9 Å². The van der Waals surface area contributed by atoms with Gasteiger partial charge in [-0.05, 0) is 49.9 Å². The lowest BCUT2D eigenvalue weighted by molar-refractivity contribution is 0.0546. The van der Waals surface area contributed by atoms with Crippen LogP contribution in [0.1, 0.15) is 53.1 Å². The standard InChI is InChI=1S/C31H36N6O4/c1-41-27-19-23(36-13-8-24(38)9-14-36)6-5-20(27)18-28-34-26-7-12-32-29(26)30(35-28)33-22-4-2-3-21(17-22)31(40)37-15-10-25(39)11-16-37/h2-6,12,17,19,24-25,38-39H,7-11,13-16,18H2,1H3,(H,33,34,35). The van der Waals surface area contributed by atoms with Gasteiger partial charge in [-0.2, -0.15) is 0 Å². The molecule has 0 bridgehead atoms. The summed E-state index contributed by atoms with van der Waals surface area (Å²) in [6, 6.07) is 13.6. The van der Waals surface area contributed by atoms with Crippen molar-refractivity contribution in [2.75, 3.05) is 43.5 Å². The molecule has 10 nitrogen and oxygen atoms in total. The molecular formula is C31H36N6O4. The van der Waals surface area contributed by atoms with Crippen molar-refractivity contribution in [2.24, 2.45) is 4.99 Å². The number of anilines is 3. The van der Waals surface area contributed by atoms with Gasteiger partial charge in [0.25, 0.3) is 5.91 Å². The maximum absolute atomic E-state index is 13.1. The number of benzene rings is 2. The molecule has 1 amide bonds. The van der Waals surface area contributed by atoms with E-state index in [1.807, 2.05) is 36.5 Å². The van der Waals surface area contributed by atoms with Crippen LogP contribution in [0.5, 0.6) is 5.75 Å². The van der Waals surface area contributed by atoms with Crippen molar-refractivity contribution in [1.29, 1.82) is 0 Å². The summed E-state index contributed by atoms with van der Waals surface area (Å²) in [5.74, 6) is 2.00. The number of amides is 1. The maximum atomic E-state index is 13.1. The highest BCUT2D eigenvalue weighted by atomic mass is 16.5. The third-order valence-electron chi connectivity index (χ3n) is 8.08. The van der Waals surface area contributed by atoms with E-state index >= 15 is 0 Å². The Bertz CT molecular complexity index is 1440. The van der Waals surface area contributed by atoms with Crippen molar-refractivity contribution in [3.63, 3.8) is 0 Å². The van der Waals surface area contributed by atoms with Gasteiger partial charge in [0.15, 0.2) is 5.82 Å². The maximum Gasteiger partial charge on any atom is 0.253 e. The molecule has 3 aromatic rings. The number of aliphatic imine (C=N–C) groups is 1. The van der Waals surface area contributed by atoms with Crippen LogP contribution < -0.4 is 15.0 Å². The zero-order valence-corrected chi connectivity index (χ0v) is 23.3. The number of methoxy groups -OCH3 is 1. The average molecular weight is 557 g/mol. The predicted octanol–water partition coefficient (Wildman–Crippen LogP) is 3.64. The minimum absolute atomic E-state index is 0.0385. The molecule has 1 aromatic heterocycles. The fourth-order valence-corrected chi connectivity index (χ4v) is 5.71. The van der Waals surface area contributed by atoms with E-state index in [1.54, 1.807) is 12.0 Å². The number of rotatable bonds is 7. The van der Waals surface area contributed by atoms with Gasteiger partial charge < -0.3 is 30.1 Å². The van der Waals surface area contributed by atoms with Gasteiger partial charge in [0.05, 0.1) is 25.0 Å². The van der Waals surface area contributed by atoms with E-state index < -0.39 is 0 Å². The third kappa shape index (κ3) is 6.03. The predicted molar refractivity (Wildman–Crippen MR) is 158 cm³/mol. The first kappa shape index (κ1) is 27.2. The highest BCUT2D eigenvalue weighted by Crippen LogP contribution is 2.34. The number of carbonyl (C=O) groups is 1. The fourth-order valence-electron chi connectivity index (χ4n) is 5.71. The Morgan fingerprint density at radius 2 is 1.76 bits per heavy atom. The number of nitrogens with one attached hydrogen (secondary N) is 1. The first-order valence-electron chi connectivity index (χ1n) is 14.3. The molecule has 214 valence electrons. The van der Waals surface area contributed by atoms with Gasteiger partial charge >= 0.3 is 0 Å². The Hall–Kier alpha value is -4.02. The number of fused-ring (bicyclic) bond motifs is 1. The molecular weight excluding hydrogens is 520 g/mol. The van der Waals surface area contributed by atoms with E-state index in [9.17, 15) is 15.0 Å². The highest BCUT2D eigenvalue weighted by molar-refractivity contribution is 5.95. The minimum atomic E-state index is -0.329. The van der Waals surface area contributed by atoms with Gasteiger partial charge in [-0.15, -0.1) is 0 Å². The summed E-state index contributed by atoms with van der Waals surface area (Å²) in [6.07, 6.45) is 5.16.